The van der Waals surface area contributed by atoms with Crippen molar-refractivity contribution in [3.8, 4) is 0 Å². The first-order valence-electron chi connectivity index (χ1n) is 10.4. The average molecular weight is 415 g/mol. The normalized spacial score (nSPS) is 18.8. The highest BCUT2D eigenvalue weighted by Crippen LogP contribution is 2.35. The molecule has 1 aliphatic rings. The van der Waals surface area contributed by atoms with Gasteiger partial charge in [-0.05, 0) is 68.0 Å². The van der Waals surface area contributed by atoms with Crippen molar-refractivity contribution in [1.29, 1.82) is 0 Å². The number of ether oxygens (including phenoxy) is 1. The number of amides is 1. The summed E-state index contributed by atoms with van der Waals surface area (Å²) < 4.78 is 31.7. The molecule has 2 aromatic carbocycles. The number of carbonyl (C=O) groups is 2. The van der Waals surface area contributed by atoms with Crippen LogP contribution in [-0.2, 0) is 27.2 Å². The van der Waals surface area contributed by atoms with E-state index in [-0.39, 0.29) is 36.7 Å². The number of piperidine rings is 1. The van der Waals surface area contributed by atoms with Gasteiger partial charge in [-0.1, -0.05) is 24.3 Å². The van der Waals surface area contributed by atoms with Crippen LogP contribution in [0.15, 0.2) is 48.5 Å². The van der Waals surface area contributed by atoms with Crippen LogP contribution in [0.25, 0.3) is 0 Å². The summed E-state index contributed by atoms with van der Waals surface area (Å²) in [6.45, 7) is 2.90. The number of likely N-dealkylation sites (tertiary alicyclic amines) is 1. The summed E-state index contributed by atoms with van der Waals surface area (Å²) >= 11 is 0. The fraction of sp³-hybridized carbons (Fsp3) is 0.417. The topological polar surface area (TPSA) is 46.6 Å². The van der Waals surface area contributed by atoms with Crippen LogP contribution in [-0.4, -0.2) is 36.5 Å². The molecule has 4 nitrogen and oxygen atoms in total. The number of hydrogen-bond donors (Lipinski definition) is 0. The fourth-order valence-electron chi connectivity index (χ4n) is 4.07. The summed E-state index contributed by atoms with van der Waals surface area (Å²) in [4.78, 5) is 27.5. The van der Waals surface area contributed by atoms with Crippen LogP contribution >= 0.6 is 0 Å². The first-order chi connectivity index (χ1) is 14.4. The summed E-state index contributed by atoms with van der Waals surface area (Å²) in [5.74, 6) is -0.983. The maximum Gasteiger partial charge on any atom is 0.314 e. The molecule has 6 heteroatoms. The van der Waals surface area contributed by atoms with Gasteiger partial charge in [0.1, 0.15) is 11.6 Å². The Balaban J connectivity index is 1.71. The molecule has 0 N–H and O–H groups in total. The van der Waals surface area contributed by atoms with Gasteiger partial charge in [0, 0.05) is 19.5 Å². The number of halogens is 2. The zero-order valence-corrected chi connectivity index (χ0v) is 17.2. The first-order valence-corrected chi connectivity index (χ1v) is 10.4. The largest absolute Gasteiger partial charge is 0.466 e. The first kappa shape index (κ1) is 21.9. The van der Waals surface area contributed by atoms with Gasteiger partial charge < -0.3 is 9.64 Å². The Morgan fingerprint density at radius 2 is 1.60 bits per heavy atom. The van der Waals surface area contributed by atoms with Gasteiger partial charge in [-0.2, -0.15) is 0 Å². The predicted molar refractivity (Wildman–Crippen MR) is 110 cm³/mol. The van der Waals surface area contributed by atoms with Gasteiger partial charge in [-0.3, -0.25) is 9.59 Å². The highest BCUT2D eigenvalue weighted by Gasteiger charge is 2.44. The zero-order valence-electron chi connectivity index (χ0n) is 17.2. The van der Waals surface area contributed by atoms with Gasteiger partial charge in [-0.15, -0.1) is 0 Å². The monoisotopic (exact) mass is 415 g/mol. The van der Waals surface area contributed by atoms with Crippen LogP contribution < -0.4 is 0 Å². The van der Waals surface area contributed by atoms with Crippen molar-refractivity contribution < 1.29 is 23.1 Å². The zero-order chi connectivity index (χ0) is 21.6. The van der Waals surface area contributed by atoms with Gasteiger partial charge in [0.2, 0.25) is 5.91 Å². The molecule has 0 spiro atoms. The SMILES string of the molecule is CCOC(=O)[C@@]1(Cc2ccc(F)cc2)CCCN(C(=O)CCc2ccc(F)cc2)C1. The second kappa shape index (κ2) is 9.83. The highest BCUT2D eigenvalue weighted by atomic mass is 19.1. The third-order valence-corrected chi connectivity index (χ3v) is 5.63. The van der Waals surface area contributed by atoms with E-state index in [9.17, 15) is 18.4 Å². The Hall–Kier alpha value is -2.76. The van der Waals surface area contributed by atoms with Crippen LogP contribution in [0.2, 0.25) is 0 Å². The van der Waals surface area contributed by atoms with Gasteiger partial charge in [-0.25, -0.2) is 8.78 Å². The molecule has 30 heavy (non-hydrogen) atoms. The Labute approximate surface area is 175 Å². The van der Waals surface area contributed by atoms with E-state index in [0.717, 1.165) is 11.1 Å². The highest BCUT2D eigenvalue weighted by molar-refractivity contribution is 5.81. The van der Waals surface area contributed by atoms with Crippen molar-refractivity contribution >= 4 is 11.9 Å². The number of esters is 1. The Morgan fingerprint density at radius 3 is 2.20 bits per heavy atom. The Kier molecular flexibility index (Phi) is 7.19. The molecule has 0 saturated carbocycles. The molecule has 0 aliphatic carbocycles. The van der Waals surface area contributed by atoms with Crippen LogP contribution in [0.1, 0.15) is 37.3 Å². The summed E-state index contributed by atoms with van der Waals surface area (Å²) in [5.41, 5.74) is 0.896. The van der Waals surface area contributed by atoms with E-state index < -0.39 is 5.41 Å². The van der Waals surface area contributed by atoms with E-state index in [1.165, 1.54) is 24.3 Å². The molecule has 0 radical (unpaired) electrons. The molecule has 1 aliphatic heterocycles. The second-order valence-electron chi connectivity index (χ2n) is 7.85. The van der Waals surface area contributed by atoms with E-state index in [0.29, 0.717) is 38.6 Å². The van der Waals surface area contributed by atoms with Crippen LogP contribution in [0.5, 0.6) is 0 Å². The lowest BCUT2D eigenvalue weighted by molar-refractivity contribution is -0.160. The lowest BCUT2D eigenvalue weighted by Gasteiger charge is -2.41. The van der Waals surface area contributed by atoms with E-state index >= 15 is 0 Å². The lowest BCUT2D eigenvalue weighted by atomic mass is 9.75. The van der Waals surface area contributed by atoms with Crippen molar-refractivity contribution in [2.75, 3.05) is 19.7 Å². The third kappa shape index (κ3) is 5.43. The van der Waals surface area contributed by atoms with Gasteiger partial charge in [0.05, 0.1) is 12.0 Å². The second-order valence-corrected chi connectivity index (χ2v) is 7.85. The van der Waals surface area contributed by atoms with Crippen molar-refractivity contribution in [2.24, 2.45) is 5.41 Å². The lowest BCUT2D eigenvalue weighted by Crippen LogP contribution is -2.51. The number of benzene rings is 2. The number of rotatable bonds is 7. The van der Waals surface area contributed by atoms with Gasteiger partial charge in [0.15, 0.2) is 0 Å². The maximum atomic E-state index is 13.3. The molecular formula is C24H27F2NO3. The number of hydrogen-bond acceptors (Lipinski definition) is 3. The summed E-state index contributed by atoms with van der Waals surface area (Å²) in [6, 6.07) is 12.2. The molecule has 1 amide bonds. The molecule has 2 aromatic rings. The van der Waals surface area contributed by atoms with Crippen LogP contribution in [0.3, 0.4) is 0 Å². The van der Waals surface area contributed by atoms with Gasteiger partial charge in [0.25, 0.3) is 0 Å². The minimum Gasteiger partial charge on any atom is -0.466 e. The Bertz CT molecular complexity index is 867. The summed E-state index contributed by atoms with van der Waals surface area (Å²) in [6.07, 6.45) is 2.52. The predicted octanol–water partition coefficient (Wildman–Crippen LogP) is 4.31. The van der Waals surface area contributed by atoms with E-state index in [4.69, 9.17) is 4.74 Å². The quantitative estimate of drug-likeness (QED) is 0.633. The molecule has 0 aromatic heterocycles. The maximum absolute atomic E-state index is 13.3. The average Bonchev–Trinajstić information content (AvgIpc) is 2.75. The summed E-state index contributed by atoms with van der Waals surface area (Å²) in [5, 5.41) is 0. The fourth-order valence-corrected chi connectivity index (χ4v) is 4.07. The van der Waals surface area contributed by atoms with Crippen molar-refractivity contribution in [3.63, 3.8) is 0 Å². The van der Waals surface area contributed by atoms with Gasteiger partial charge >= 0.3 is 5.97 Å². The Morgan fingerprint density at radius 1 is 1.00 bits per heavy atom. The standard InChI is InChI=1S/C24H27F2NO3/c1-2-30-23(29)24(16-19-6-11-21(26)12-7-19)14-3-15-27(17-24)22(28)13-8-18-4-9-20(25)10-5-18/h4-7,9-12H,2-3,8,13-17H2,1H3/t24-/m1/s1. The molecule has 1 heterocycles. The van der Waals surface area contributed by atoms with Crippen molar-refractivity contribution in [2.45, 2.75) is 39.0 Å². The molecular weight excluding hydrogens is 388 g/mol. The van der Waals surface area contributed by atoms with E-state index in [1.807, 2.05) is 0 Å². The third-order valence-electron chi connectivity index (χ3n) is 5.63. The smallest absolute Gasteiger partial charge is 0.314 e. The molecule has 1 atom stereocenters. The number of aryl methyl sites for hydroxylation is 1. The molecule has 0 unspecified atom stereocenters. The minimum atomic E-state index is -0.836. The minimum absolute atomic E-state index is 0.0354. The molecule has 3 rings (SSSR count). The van der Waals surface area contributed by atoms with Crippen LogP contribution in [0.4, 0.5) is 8.78 Å². The van der Waals surface area contributed by atoms with E-state index in [1.54, 1.807) is 36.1 Å². The molecule has 1 fully saturated rings. The number of nitrogens with zero attached hydrogens (tertiary/aromatic N) is 1. The van der Waals surface area contributed by atoms with Crippen molar-refractivity contribution in [3.05, 3.63) is 71.3 Å². The van der Waals surface area contributed by atoms with Crippen molar-refractivity contribution in [1.82, 2.24) is 4.90 Å². The molecule has 160 valence electrons. The van der Waals surface area contributed by atoms with Crippen LogP contribution in [0, 0.1) is 17.0 Å². The number of carbonyl (C=O) groups excluding carboxylic acids is 2. The molecule has 1 saturated heterocycles. The summed E-state index contributed by atoms with van der Waals surface area (Å²) in [7, 11) is 0. The molecule has 0 bridgehead atoms. The van der Waals surface area contributed by atoms with E-state index in [2.05, 4.69) is 0 Å².